The lowest BCUT2D eigenvalue weighted by Crippen LogP contribution is -2.62. The molecule has 4 rings (SSSR count). The molecule has 0 unspecified atom stereocenters. The van der Waals surface area contributed by atoms with E-state index in [0.717, 1.165) is 4.90 Å². The van der Waals surface area contributed by atoms with Crippen LogP contribution in [0.3, 0.4) is 0 Å². The lowest BCUT2D eigenvalue weighted by molar-refractivity contribution is -0.129. The van der Waals surface area contributed by atoms with Crippen LogP contribution >= 0.6 is 11.3 Å². The minimum Gasteiger partial charge on any atom is -0.439 e. The number of carbonyl (C=O) groups is 3. The van der Waals surface area contributed by atoms with Crippen LogP contribution in [0.15, 0.2) is 35.8 Å². The fraction of sp³-hybridized carbons (Fsp3) is 0.250. The van der Waals surface area contributed by atoms with Gasteiger partial charge in [-0.25, -0.2) is 14.7 Å². The summed E-state index contributed by atoms with van der Waals surface area (Å²) in [5, 5.41) is 2.35. The number of nitrogens with zero attached hydrogens (tertiary/aromatic N) is 3. The molecule has 0 bridgehead atoms. The fourth-order valence-corrected chi connectivity index (χ4v) is 3.22. The molecule has 2 fully saturated rings. The Hall–Kier alpha value is -2.94. The topological polar surface area (TPSA) is 89.0 Å². The number of rotatable bonds is 4. The summed E-state index contributed by atoms with van der Waals surface area (Å²) in [6.45, 7) is 0.415. The van der Waals surface area contributed by atoms with Crippen LogP contribution in [0, 0.1) is 0 Å². The molecule has 0 spiro atoms. The van der Waals surface area contributed by atoms with Gasteiger partial charge in [0.15, 0.2) is 6.61 Å². The maximum absolute atomic E-state index is 12.4. The molecule has 0 N–H and O–H groups in total. The third-order valence-corrected chi connectivity index (χ3v) is 4.66. The largest absolute Gasteiger partial charge is 0.439 e. The molecule has 9 heteroatoms. The van der Waals surface area contributed by atoms with Crippen molar-refractivity contribution in [2.24, 2.45) is 0 Å². The molecule has 2 saturated heterocycles. The zero-order chi connectivity index (χ0) is 17.4. The van der Waals surface area contributed by atoms with E-state index in [2.05, 4.69) is 9.72 Å². The van der Waals surface area contributed by atoms with Crippen molar-refractivity contribution < 1.29 is 23.9 Å². The normalized spacial score (nSPS) is 17.4. The molecule has 0 atom stereocenters. The van der Waals surface area contributed by atoms with E-state index in [1.165, 1.54) is 11.3 Å². The number of carbonyl (C=O) groups excluding carboxylic acids is 3. The first-order valence-corrected chi connectivity index (χ1v) is 8.45. The fourth-order valence-electron chi connectivity index (χ4n) is 2.71. The van der Waals surface area contributed by atoms with Crippen LogP contribution in [0.1, 0.15) is 10.4 Å². The van der Waals surface area contributed by atoms with Crippen LogP contribution in [-0.2, 0) is 9.53 Å². The van der Waals surface area contributed by atoms with E-state index in [0.29, 0.717) is 29.6 Å². The van der Waals surface area contributed by atoms with Crippen molar-refractivity contribution in [3.8, 4) is 10.9 Å². The molecule has 0 saturated carbocycles. The zero-order valence-electron chi connectivity index (χ0n) is 13.0. The lowest BCUT2D eigenvalue weighted by Gasteiger charge is -2.41. The van der Waals surface area contributed by atoms with Gasteiger partial charge in [0.1, 0.15) is 5.75 Å². The Morgan fingerprint density at radius 3 is 2.60 bits per heavy atom. The van der Waals surface area contributed by atoms with Crippen LogP contribution in [0.2, 0.25) is 0 Å². The van der Waals surface area contributed by atoms with Gasteiger partial charge in [-0.1, -0.05) is 11.3 Å². The van der Waals surface area contributed by atoms with Crippen molar-refractivity contribution in [2.45, 2.75) is 6.04 Å². The summed E-state index contributed by atoms with van der Waals surface area (Å²) in [6, 6.07) is 6.45. The number of likely N-dealkylation sites (tertiary alicyclic amines) is 1. The summed E-state index contributed by atoms with van der Waals surface area (Å²) < 4.78 is 10.2. The summed E-state index contributed by atoms with van der Waals surface area (Å²) in [6.07, 6.45) is 1.02. The highest BCUT2D eigenvalue weighted by Crippen LogP contribution is 2.25. The van der Waals surface area contributed by atoms with E-state index in [-0.39, 0.29) is 24.5 Å². The Balaban J connectivity index is 1.36. The van der Waals surface area contributed by atoms with Crippen molar-refractivity contribution >= 4 is 29.2 Å². The van der Waals surface area contributed by atoms with Crippen LogP contribution in [0.4, 0.5) is 4.79 Å². The number of hydrogen-bond acceptors (Lipinski definition) is 7. The first-order chi connectivity index (χ1) is 12.1. The average molecular weight is 359 g/mol. The van der Waals surface area contributed by atoms with E-state index in [4.69, 9.17) is 4.74 Å². The Kier molecular flexibility index (Phi) is 3.85. The number of cyclic esters (lactones) is 1. The molecular weight excluding hydrogens is 346 g/mol. The lowest BCUT2D eigenvalue weighted by atomic mass is 10.1. The predicted molar refractivity (Wildman–Crippen MR) is 86.5 cm³/mol. The van der Waals surface area contributed by atoms with Gasteiger partial charge in [0.2, 0.25) is 0 Å². The molecule has 1 aromatic carbocycles. The van der Waals surface area contributed by atoms with Gasteiger partial charge in [0.25, 0.3) is 17.0 Å². The van der Waals surface area contributed by atoms with Gasteiger partial charge < -0.3 is 14.4 Å². The van der Waals surface area contributed by atoms with E-state index in [1.807, 2.05) is 5.38 Å². The summed E-state index contributed by atoms with van der Waals surface area (Å²) in [5.74, 6) is 0.0845. The van der Waals surface area contributed by atoms with Crippen LogP contribution in [0.25, 0.3) is 0 Å². The summed E-state index contributed by atoms with van der Waals surface area (Å²) in [7, 11) is 0. The van der Waals surface area contributed by atoms with Crippen molar-refractivity contribution in [1.29, 1.82) is 0 Å². The summed E-state index contributed by atoms with van der Waals surface area (Å²) >= 11 is 1.38. The smallest absolute Gasteiger partial charge is 0.417 e. The molecule has 3 heterocycles. The number of hydrogen-bond donors (Lipinski definition) is 0. The molecule has 2 aliphatic rings. The van der Waals surface area contributed by atoms with Gasteiger partial charge in [0, 0.05) is 30.2 Å². The maximum atomic E-state index is 12.4. The molecule has 25 heavy (non-hydrogen) atoms. The van der Waals surface area contributed by atoms with Crippen molar-refractivity contribution in [3.05, 3.63) is 41.4 Å². The van der Waals surface area contributed by atoms with E-state index < -0.39 is 6.09 Å². The quantitative estimate of drug-likeness (QED) is 0.826. The van der Waals surface area contributed by atoms with Crippen molar-refractivity contribution in [1.82, 2.24) is 14.8 Å². The number of aromatic nitrogens is 1. The van der Waals surface area contributed by atoms with Gasteiger partial charge in [-0.15, -0.1) is 0 Å². The maximum Gasteiger partial charge on any atom is 0.417 e. The van der Waals surface area contributed by atoms with Crippen LogP contribution in [0.5, 0.6) is 10.9 Å². The molecule has 0 radical (unpaired) electrons. The second-order valence-corrected chi connectivity index (χ2v) is 6.46. The van der Waals surface area contributed by atoms with Crippen LogP contribution < -0.4 is 4.74 Å². The Bertz CT molecular complexity index is 799. The van der Waals surface area contributed by atoms with Crippen molar-refractivity contribution in [3.63, 3.8) is 0 Å². The standard InChI is InChI=1S/C16H13N3O5S/c20-13-9-23-16(22)19(13)11-7-18(8-11)14(21)10-1-3-12(4-2-10)24-15-17-5-6-25-15/h1-6,11H,7-9H2. The second kappa shape index (κ2) is 6.17. The van der Waals surface area contributed by atoms with Gasteiger partial charge in [-0.3, -0.25) is 9.59 Å². The zero-order valence-corrected chi connectivity index (χ0v) is 13.8. The van der Waals surface area contributed by atoms with E-state index >= 15 is 0 Å². The highest BCUT2D eigenvalue weighted by atomic mass is 32.1. The third-order valence-electron chi connectivity index (χ3n) is 4.02. The number of imide groups is 1. The average Bonchev–Trinajstić information content (AvgIpc) is 3.19. The van der Waals surface area contributed by atoms with E-state index in [9.17, 15) is 14.4 Å². The summed E-state index contributed by atoms with van der Waals surface area (Å²) in [5.41, 5.74) is 0.514. The third kappa shape index (κ3) is 2.93. The molecule has 2 aliphatic heterocycles. The Morgan fingerprint density at radius 1 is 1.24 bits per heavy atom. The van der Waals surface area contributed by atoms with Crippen molar-refractivity contribution in [2.75, 3.05) is 19.7 Å². The predicted octanol–water partition coefficient (Wildman–Crippen LogP) is 1.74. The first-order valence-electron chi connectivity index (χ1n) is 7.57. The number of amides is 3. The molecule has 2 aromatic rings. The highest BCUT2D eigenvalue weighted by Gasteiger charge is 2.44. The SMILES string of the molecule is O=C(c1ccc(Oc2nccs2)cc1)N1CC(N2C(=O)COC2=O)C1. The minimum atomic E-state index is -0.634. The molecule has 0 aliphatic carbocycles. The molecule has 128 valence electrons. The number of ether oxygens (including phenoxy) is 2. The number of thiazole rings is 1. The summed E-state index contributed by atoms with van der Waals surface area (Å²) in [4.78, 5) is 42.2. The van der Waals surface area contributed by atoms with E-state index in [1.54, 1.807) is 35.4 Å². The molecular formula is C16H13N3O5S. The highest BCUT2D eigenvalue weighted by molar-refractivity contribution is 7.11. The monoisotopic (exact) mass is 359 g/mol. The number of benzene rings is 1. The molecule has 1 aromatic heterocycles. The van der Waals surface area contributed by atoms with Gasteiger partial charge in [-0.05, 0) is 24.3 Å². The Labute approximate surface area is 146 Å². The molecule has 8 nitrogen and oxygen atoms in total. The van der Waals surface area contributed by atoms with Gasteiger partial charge in [-0.2, -0.15) is 0 Å². The van der Waals surface area contributed by atoms with Crippen LogP contribution in [-0.4, -0.2) is 58.4 Å². The Morgan fingerprint density at radius 2 is 2.00 bits per heavy atom. The molecule has 3 amide bonds. The minimum absolute atomic E-state index is 0.155. The van der Waals surface area contributed by atoms with Gasteiger partial charge in [0.05, 0.1) is 6.04 Å². The van der Waals surface area contributed by atoms with Gasteiger partial charge >= 0.3 is 6.09 Å². The first kappa shape index (κ1) is 15.6. The second-order valence-electron chi connectivity index (χ2n) is 5.61.